The molecule has 0 aromatic carbocycles. The maximum Gasteiger partial charge on any atom is 0.0761 e. The highest BCUT2D eigenvalue weighted by molar-refractivity contribution is 14.1. The third-order valence-corrected chi connectivity index (χ3v) is 3.24. The van der Waals surface area contributed by atoms with Gasteiger partial charge in [-0.1, -0.05) is 22.6 Å². The Bertz CT molecular complexity index is 115. The maximum absolute atomic E-state index is 5.69. The molecule has 0 aromatic rings. The molecule has 0 aromatic heterocycles. The summed E-state index contributed by atoms with van der Waals surface area (Å²) in [6.07, 6.45) is 2.68. The fourth-order valence-electron chi connectivity index (χ4n) is 1.43. The van der Waals surface area contributed by atoms with Crippen molar-refractivity contribution in [1.29, 1.82) is 0 Å². The van der Waals surface area contributed by atoms with Crippen LogP contribution in [0.2, 0.25) is 0 Å². The van der Waals surface area contributed by atoms with Gasteiger partial charge in [0.1, 0.15) is 0 Å². The van der Waals surface area contributed by atoms with Crippen molar-refractivity contribution in [3.8, 4) is 0 Å². The molecule has 2 aliphatic rings. The lowest BCUT2D eigenvalue weighted by atomic mass is 10.3. The molecule has 46 valence electrons. The van der Waals surface area contributed by atoms with Gasteiger partial charge in [-0.3, -0.25) is 5.84 Å². The zero-order valence-corrected chi connectivity index (χ0v) is 6.71. The van der Waals surface area contributed by atoms with Gasteiger partial charge in [-0.2, -0.15) is 0 Å². The van der Waals surface area contributed by atoms with Crippen molar-refractivity contribution in [3.05, 3.63) is 0 Å². The molecule has 1 heterocycles. The van der Waals surface area contributed by atoms with Crippen LogP contribution in [0.3, 0.4) is 0 Å². The number of hydrogen-bond donors (Lipinski definition) is 1. The second kappa shape index (κ2) is 1.58. The molecule has 0 spiro atoms. The molecule has 2 unspecified atom stereocenters. The molecule has 0 bridgehead atoms. The van der Waals surface area contributed by atoms with E-state index in [1.807, 2.05) is 5.01 Å². The Morgan fingerprint density at radius 2 is 2.25 bits per heavy atom. The van der Waals surface area contributed by atoms with Crippen molar-refractivity contribution in [2.45, 2.75) is 22.9 Å². The Morgan fingerprint density at radius 3 is 2.50 bits per heavy atom. The number of nitrogens with two attached hydrogens (primary N) is 1. The quantitative estimate of drug-likeness (QED) is 0.284. The number of hydrazine groups is 1. The van der Waals surface area contributed by atoms with E-state index < -0.39 is 0 Å². The number of rotatable bonds is 0. The van der Waals surface area contributed by atoms with Gasteiger partial charge in [-0.25, -0.2) is 5.01 Å². The molecular weight excluding hydrogens is 215 g/mol. The zero-order chi connectivity index (χ0) is 5.72. The lowest BCUT2D eigenvalue weighted by Gasteiger charge is -2.14. The van der Waals surface area contributed by atoms with E-state index in [1.165, 1.54) is 12.8 Å². The molecule has 2 fully saturated rings. The van der Waals surface area contributed by atoms with Gasteiger partial charge in [0.25, 0.3) is 0 Å². The molecule has 2 nitrogen and oxygen atoms in total. The van der Waals surface area contributed by atoms with Crippen molar-refractivity contribution in [2.75, 3.05) is 0 Å². The number of alkyl halides is 1. The smallest absolute Gasteiger partial charge is 0.0761 e. The molecule has 1 aliphatic carbocycles. The van der Waals surface area contributed by atoms with Gasteiger partial charge in [-0.05, 0) is 18.8 Å². The number of halogens is 1. The van der Waals surface area contributed by atoms with Crippen LogP contribution >= 0.6 is 22.6 Å². The van der Waals surface area contributed by atoms with Crippen LogP contribution in [0.15, 0.2) is 0 Å². The predicted octanol–water partition coefficient (Wildman–Crippen LogP) is 0.715. The van der Waals surface area contributed by atoms with Gasteiger partial charge in [0.2, 0.25) is 0 Å². The van der Waals surface area contributed by atoms with Crippen molar-refractivity contribution in [2.24, 2.45) is 11.8 Å². The highest BCUT2D eigenvalue weighted by atomic mass is 127. The Hall–Kier alpha value is 0.650. The Morgan fingerprint density at radius 1 is 1.50 bits per heavy atom. The number of piperidine rings is 1. The summed E-state index contributed by atoms with van der Waals surface area (Å²) in [5, 5.41) is 2.01. The Balaban J connectivity index is 2.08. The standard InChI is InChI=1S/C5H9IN2/c6-5-2-3-1-4(3)8(5)7/h3-5H,1-2,7H2/t3?,4?,5-/m0/s1. The molecule has 0 amide bonds. The summed E-state index contributed by atoms with van der Waals surface area (Å²) in [6, 6.07) is 0.761. The van der Waals surface area contributed by atoms with Crippen molar-refractivity contribution in [1.82, 2.24) is 5.01 Å². The second-order valence-electron chi connectivity index (χ2n) is 2.68. The molecule has 3 heteroatoms. The molecule has 2 rings (SSSR count). The van der Waals surface area contributed by atoms with E-state index in [1.54, 1.807) is 0 Å². The van der Waals surface area contributed by atoms with Gasteiger partial charge >= 0.3 is 0 Å². The maximum atomic E-state index is 5.69. The van der Waals surface area contributed by atoms with Crippen molar-refractivity contribution in [3.63, 3.8) is 0 Å². The van der Waals surface area contributed by atoms with Crippen LogP contribution < -0.4 is 5.84 Å². The summed E-state index contributed by atoms with van der Waals surface area (Å²) in [7, 11) is 0. The summed E-state index contributed by atoms with van der Waals surface area (Å²) < 4.78 is 0.622. The summed E-state index contributed by atoms with van der Waals surface area (Å²) >= 11 is 2.40. The summed E-state index contributed by atoms with van der Waals surface area (Å²) in [5.74, 6) is 6.65. The van der Waals surface area contributed by atoms with Crippen LogP contribution in [0.4, 0.5) is 0 Å². The molecule has 1 saturated heterocycles. The van der Waals surface area contributed by atoms with E-state index in [2.05, 4.69) is 22.6 Å². The van der Waals surface area contributed by atoms with E-state index in [9.17, 15) is 0 Å². The van der Waals surface area contributed by atoms with Crippen molar-refractivity contribution >= 4 is 22.6 Å². The van der Waals surface area contributed by atoms with Crippen LogP contribution in [-0.4, -0.2) is 15.1 Å². The van der Waals surface area contributed by atoms with Gasteiger partial charge in [0.05, 0.1) is 4.05 Å². The minimum Gasteiger partial charge on any atom is -0.268 e. The van der Waals surface area contributed by atoms with Crippen LogP contribution in [0, 0.1) is 5.92 Å². The van der Waals surface area contributed by atoms with Crippen molar-refractivity contribution < 1.29 is 0 Å². The molecule has 0 radical (unpaired) electrons. The highest BCUT2D eigenvalue weighted by Gasteiger charge is 2.49. The fraction of sp³-hybridized carbons (Fsp3) is 1.00. The molecular formula is C5H9IN2. The monoisotopic (exact) mass is 224 g/mol. The zero-order valence-electron chi connectivity index (χ0n) is 4.55. The largest absolute Gasteiger partial charge is 0.268 e. The first-order valence-corrected chi connectivity index (χ1v) is 4.20. The first kappa shape index (κ1) is 5.44. The summed E-state index contributed by atoms with van der Waals surface area (Å²) in [5.41, 5.74) is 0. The van der Waals surface area contributed by atoms with Gasteiger partial charge in [-0.15, -0.1) is 0 Å². The van der Waals surface area contributed by atoms with E-state index in [0.29, 0.717) is 4.05 Å². The number of nitrogens with zero attached hydrogens (tertiary/aromatic N) is 1. The van der Waals surface area contributed by atoms with Crippen LogP contribution in [-0.2, 0) is 0 Å². The van der Waals surface area contributed by atoms with Crippen LogP contribution in [0.25, 0.3) is 0 Å². The fourth-order valence-corrected chi connectivity index (χ4v) is 2.50. The topological polar surface area (TPSA) is 29.3 Å². The Labute approximate surface area is 62.5 Å². The molecule has 3 atom stereocenters. The SMILES string of the molecule is NN1C2CC2C[C@H]1I. The third kappa shape index (κ3) is 0.610. The molecule has 8 heavy (non-hydrogen) atoms. The predicted molar refractivity (Wildman–Crippen MR) is 40.3 cm³/mol. The summed E-state index contributed by atoms with van der Waals surface area (Å²) in [4.78, 5) is 0. The minimum atomic E-state index is 0.622. The van der Waals surface area contributed by atoms with E-state index in [-0.39, 0.29) is 0 Å². The van der Waals surface area contributed by atoms with Gasteiger partial charge < -0.3 is 0 Å². The van der Waals surface area contributed by atoms with Gasteiger partial charge in [0, 0.05) is 6.04 Å². The van der Waals surface area contributed by atoms with Crippen LogP contribution in [0.1, 0.15) is 12.8 Å². The third-order valence-electron chi connectivity index (χ3n) is 2.09. The molecule has 1 saturated carbocycles. The molecule has 2 N–H and O–H groups in total. The Kier molecular flexibility index (Phi) is 1.07. The first-order valence-electron chi connectivity index (χ1n) is 2.96. The lowest BCUT2D eigenvalue weighted by molar-refractivity contribution is 0.299. The van der Waals surface area contributed by atoms with E-state index >= 15 is 0 Å². The lowest BCUT2D eigenvalue weighted by Crippen LogP contribution is -2.35. The second-order valence-corrected chi connectivity index (χ2v) is 4.12. The summed E-state index contributed by atoms with van der Waals surface area (Å²) in [6.45, 7) is 0. The average Bonchev–Trinajstić information content (AvgIpc) is 2.39. The highest BCUT2D eigenvalue weighted by Crippen LogP contribution is 2.47. The van der Waals surface area contributed by atoms with E-state index in [4.69, 9.17) is 5.84 Å². The number of fused-ring (bicyclic) bond motifs is 1. The van der Waals surface area contributed by atoms with Gasteiger partial charge in [0.15, 0.2) is 0 Å². The van der Waals surface area contributed by atoms with E-state index in [0.717, 1.165) is 12.0 Å². The molecule has 1 aliphatic heterocycles. The van der Waals surface area contributed by atoms with Crippen LogP contribution in [0.5, 0.6) is 0 Å². The first-order chi connectivity index (χ1) is 3.79. The average molecular weight is 224 g/mol. The normalized spacial score (nSPS) is 54.0. The minimum absolute atomic E-state index is 0.622. The number of hydrogen-bond acceptors (Lipinski definition) is 2.